The summed E-state index contributed by atoms with van der Waals surface area (Å²) in [4.78, 5) is 52.1. The molecule has 4 amide bonds. The number of carbonyl (C=O) groups excluding carboxylic acids is 4. The zero-order chi connectivity index (χ0) is 21.5. The minimum atomic E-state index is -0.720. The van der Waals surface area contributed by atoms with Crippen molar-refractivity contribution in [1.82, 2.24) is 15.1 Å². The van der Waals surface area contributed by atoms with E-state index in [1.165, 1.54) is 9.80 Å². The van der Waals surface area contributed by atoms with Gasteiger partial charge in [0.2, 0.25) is 17.7 Å². The molecule has 9 nitrogen and oxygen atoms in total. The fourth-order valence-electron chi connectivity index (χ4n) is 3.91. The topological polar surface area (TPSA) is 122 Å². The third kappa shape index (κ3) is 5.49. The van der Waals surface area contributed by atoms with Crippen LogP contribution in [-0.2, 0) is 25.7 Å². The highest BCUT2D eigenvalue weighted by Crippen LogP contribution is 2.20. The maximum atomic E-state index is 12.9. The molecule has 3 rings (SSSR count). The first-order valence-electron chi connectivity index (χ1n) is 10.3. The normalized spacial score (nSPS) is 21.8. The first-order valence-corrected chi connectivity index (χ1v) is 10.3. The SMILES string of the molecule is NC(=O)CN1CCCC[C@H](NC(=O)C2CCCN2C(=O)OCc2ccccc2)C1=O. The van der Waals surface area contributed by atoms with Crippen LogP contribution in [0.15, 0.2) is 30.3 Å². The monoisotopic (exact) mass is 416 g/mol. The molecule has 2 saturated heterocycles. The van der Waals surface area contributed by atoms with Gasteiger partial charge in [-0.2, -0.15) is 0 Å². The molecule has 3 N–H and O–H groups in total. The van der Waals surface area contributed by atoms with E-state index in [-0.39, 0.29) is 25.0 Å². The van der Waals surface area contributed by atoms with Crippen LogP contribution < -0.4 is 11.1 Å². The highest BCUT2D eigenvalue weighted by molar-refractivity contribution is 5.93. The second kappa shape index (κ2) is 10.1. The van der Waals surface area contributed by atoms with Crippen LogP contribution in [0, 0.1) is 0 Å². The van der Waals surface area contributed by atoms with Crippen molar-refractivity contribution in [2.45, 2.75) is 50.8 Å². The van der Waals surface area contributed by atoms with Crippen molar-refractivity contribution in [3.8, 4) is 0 Å². The van der Waals surface area contributed by atoms with Crippen molar-refractivity contribution < 1.29 is 23.9 Å². The van der Waals surface area contributed by atoms with E-state index in [9.17, 15) is 19.2 Å². The molecule has 0 aliphatic carbocycles. The van der Waals surface area contributed by atoms with Crippen LogP contribution >= 0.6 is 0 Å². The number of nitrogens with zero attached hydrogens (tertiary/aromatic N) is 2. The molecule has 2 aliphatic rings. The van der Waals surface area contributed by atoms with Crippen LogP contribution in [0.1, 0.15) is 37.7 Å². The number of ether oxygens (including phenoxy) is 1. The highest BCUT2D eigenvalue weighted by atomic mass is 16.6. The van der Waals surface area contributed by atoms with Gasteiger partial charge in [-0.3, -0.25) is 19.3 Å². The number of carbonyl (C=O) groups is 4. The molecule has 1 aromatic carbocycles. The van der Waals surface area contributed by atoms with E-state index < -0.39 is 24.1 Å². The molecule has 0 spiro atoms. The molecule has 2 aliphatic heterocycles. The average Bonchev–Trinajstić information content (AvgIpc) is 3.17. The van der Waals surface area contributed by atoms with Crippen LogP contribution in [0.2, 0.25) is 0 Å². The molecule has 0 bridgehead atoms. The van der Waals surface area contributed by atoms with Gasteiger partial charge in [0.1, 0.15) is 18.7 Å². The molecule has 9 heteroatoms. The van der Waals surface area contributed by atoms with Gasteiger partial charge in [0.15, 0.2) is 0 Å². The Kier molecular flexibility index (Phi) is 7.26. The molecular formula is C21H28N4O5. The lowest BCUT2D eigenvalue weighted by atomic mass is 10.1. The Morgan fingerprint density at radius 3 is 2.57 bits per heavy atom. The fourth-order valence-corrected chi connectivity index (χ4v) is 3.91. The summed E-state index contributed by atoms with van der Waals surface area (Å²) in [5.74, 6) is -1.27. The molecule has 0 saturated carbocycles. The van der Waals surface area contributed by atoms with Crippen molar-refractivity contribution in [2.75, 3.05) is 19.6 Å². The lowest BCUT2D eigenvalue weighted by Crippen LogP contribution is -2.54. The summed E-state index contributed by atoms with van der Waals surface area (Å²) in [6, 6.07) is 7.93. The quantitative estimate of drug-likeness (QED) is 0.709. The molecule has 30 heavy (non-hydrogen) atoms. The summed E-state index contributed by atoms with van der Waals surface area (Å²) in [5.41, 5.74) is 6.09. The standard InChI is InChI=1S/C21H28N4O5/c22-18(26)13-24-11-5-4-9-16(20(24)28)23-19(27)17-10-6-12-25(17)21(29)30-14-15-7-2-1-3-8-15/h1-3,7-8,16-17H,4-6,9-14H2,(H2,22,26)(H,23,27)/t16-,17?/m0/s1. The molecule has 2 atom stereocenters. The van der Waals surface area contributed by atoms with Gasteiger partial charge in [-0.15, -0.1) is 0 Å². The Hall–Kier alpha value is -3.10. The maximum absolute atomic E-state index is 12.9. The van der Waals surface area contributed by atoms with Gasteiger partial charge in [0.25, 0.3) is 0 Å². The lowest BCUT2D eigenvalue weighted by molar-refractivity contribution is -0.139. The molecule has 2 fully saturated rings. The Morgan fingerprint density at radius 1 is 1.07 bits per heavy atom. The minimum Gasteiger partial charge on any atom is -0.445 e. The van der Waals surface area contributed by atoms with E-state index in [1.54, 1.807) is 0 Å². The van der Waals surface area contributed by atoms with Crippen molar-refractivity contribution >= 4 is 23.8 Å². The van der Waals surface area contributed by atoms with Crippen LogP contribution in [0.4, 0.5) is 4.79 Å². The zero-order valence-electron chi connectivity index (χ0n) is 16.9. The van der Waals surface area contributed by atoms with E-state index in [4.69, 9.17) is 10.5 Å². The summed E-state index contributed by atoms with van der Waals surface area (Å²) in [6.07, 6.45) is 2.64. The number of hydrogen-bond donors (Lipinski definition) is 2. The van der Waals surface area contributed by atoms with Gasteiger partial charge in [0, 0.05) is 13.1 Å². The molecular weight excluding hydrogens is 388 g/mol. The summed E-state index contributed by atoms with van der Waals surface area (Å²) in [6.45, 7) is 0.841. The number of nitrogens with two attached hydrogens (primary N) is 1. The molecule has 1 aromatic rings. The Labute approximate surface area is 175 Å². The van der Waals surface area contributed by atoms with Crippen LogP contribution in [0.5, 0.6) is 0 Å². The first kappa shape index (κ1) is 21.6. The predicted molar refractivity (Wildman–Crippen MR) is 108 cm³/mol. The summed E-state index contributed by atoms with van der Waals surface area (Å²) in [7, 11) is 0. The molecule has 1 unspecified atom stereocenters. The smallest absolute Gasteiger partial charge is 0.410 e. The van der Waals surface area contributed by atoms with Gasteiger partial charge in [0.05, 0.1) is 6.54 Å². The van der Waals surface area contributed by atoms with E-state index in [1.807, 2.05) is 30.3 Å². The van der Waals surface area contributed by atoms with Gasteiger partial charge in [-0.25, -0.2) is 4.79 Å². The number of amides is 4. The van der Waals surface area contributed by atoms with E-state index in [0.717, 1.165) is 18.4 Å². The second-order valence-electron chi connectivity index (χ2n) is 7.67. The van der Waals surface area contributed by atoms with Crippen molar-refractivity contribution in [1.29, 1.82) is 0 Å². The van der Waals surface area contributed by atoms with Crippen LogP contribution in [0.25, 0.3) is 0 Å². The van der Waals surface area contributed by atoms with E-state index >= 15 is 0 Å². The molecule has 0 radical (unpaired) electrons. The maximum Gasteiger partial charge on any atom is 0.410 e. The summed E-state index contributed by atoms with van der Waals surface area (Å²) in [5, 5.41) is 2.78. The first-order chi connectivity index (χ1) is 14.5. The van der Waals surface area contributed by atoms with Crippen molar-refractivity contribution in [2.24, 2.45) is 5.73 Å². The largest absolute Gasteiger partial charge is 0.445 e. The number of likely N-dealkylation sites (tertiary alicyclic amines) is 2. The summed E-state index contributed by atoms with van der Waals surface area (Å²) >= 11 is 0. The second-order valence-corrected chi connectivity index (χ2v) is 7.67. The third-order valence-corrected chi connectivity index (χ3v) is 5.44. The number of primary amides is 1. The number of benzene rings is 1. The van der Waals surface area contributed by atoms with E-state index in [0.29, 0.717) is 32.4 Å². The molecule has 0 aromatic heterocycles. The lowest BCUT2D eigenvalue weighted by Gasteiger charge is -2.27. The van der Waals surface area contributed by atoms with Gasteiger partial charge in [-0.1, -0.05) is 30.3 Å². The average molecular weight is 416 g/mol. The van der Waals surface area contributed by atoms with E-state index in [2.05, 4.69) is 5.32 Å². The van der Waals surface area contributed by atoms with Crippen LogP contribution in [-0.4, -0.2) is 65.3 Å². The summed E-state index contributed by atoms with van der Waals surface area (Å²) < 4.78 is 5.36. The Morgan fingerprint density at radius 2 is 1.83 bits per heavy atom. The number of rotatable bonds is 6. The van der Waals surface area contributed by atoms with Crippen molar-refractivity contribution in [3.05, 3.63) is 35.9 Å². The zero-order valence-corrected chi connectivity index (χ0v) is 16.9. The van der Waals surface area contributed by atoms with Gasteiger partial charge >= 0.3 is 6.09 Å². The molecule has 162 valence electrons. The van der Waals surface area contributed by atoms with Gasteiger partial charge in [-0.05, 0) is 37.7 Å². The predicted octanol–water partition coefficient (Wildman–Crippen LogP) is 0.770. The minimum absolute atomic E-state index is 0.133. The number of nitrogens with one attached hydrogen (secondary N) is 1. The number of hydrogen-bond acceptors (Lipinski definition) is 5. The van der Waals surface area contributed by atoms with Gasteiger partial charge < -0.3 is 20.7 Å². The Balaban J connectivity index is 1.58. The fraction of sp³-hybridized carbons (Fsp3) is 0.524. The van der Waals surface area contributed by atoms with Crippen LogP contribution in [0.3, 0.4) is 0 Å². The Bertz CT molecular complexity index is 785. The molecule has 2 heterocycles. The van der Waals surface area contributed by atoms with Crippen molar-refractivity contribution in [3.63, 3.8) is 0 Å². The highest BCUT2D eigenvalue weighted by Gasteiger charge is 2.37. The third-order valence-electron chi connectivity index (χ3n) is 5.44.